The molecule has 7 heteroatoms. The third-order valence-corrected chi connectivity index (χ3v) is 4.70. The number of thiazole rings is 1. The number of benzene rings is 2. The van der Waals surface area contributed by atoms with Crippen LogP contribution in [0.15, 0.2) is 67.0 Å². The summed E-state index contributed by atoms with van der Waals surface area (Å²) in [7, 11) is 0. The molecule has 0 bridgehead atoms. The van der Waals surface area contributed by atoms with Crippen molar-refractivity contribution >= 4 is 28.1 Å². The van der Waals surface area contributed by atoms with Gasteiger partial charge in [0.1, 0.15) is 11.6 Å². The molecular formula is C20H14FN3O2S. The molecule has 2 heterocycles. The van der Waals surface area contributed by atoms with Gasteiger partial charge in [-0.1, -0.05) is 23.5 Å². The summed E-state index contributed by atoms with van der Waals surface area (Å²) in [6, 6.07) is 15.0. The number of nitrogens with zero attached hydrogens (tertiary/aromatic N) is 2. The van der Waals surface area contributed by atoms with Crippen LogP contribution in [0, 0.1) is 5.82 Å². The molecule has 1 N–H and O–H groups in total. The zero-order valence-electron chi connectivity index (χ0n) is 14.1. The molecular weight excluding hydrogens is 365 g/mol. The van der Waals surface area contributed by atoms with E-state index in [1.54, 1.807) is 30.6 Å². The molecule has 0 atom stereocenters. The number of pyridine rings is 1. The number of hydrogen-bond donors (Lipinski definition) is 1. The van der Waals surface area contributed by atoms with E-state index in [2.05, 4.69) is 15.3 Å². The predicted octanol–water partition coefficient (Wildman–Crippen LogP) is 4.55. The third kappa shape index (κ3) is 4.09. The van der Waals surface area contributed by atoms with E-state index in [-0.39, 0.29) is 11.7 Å². The summed E-state index contributed by atoms with van der Waals surface area (Å²) in [5.41, 5.74) is 1.41. The zero-order valence-corrected chi connectivity index (χ0v) is 14.9. The number of ether oxygens (including phenoxy) is 1. The summed E-state index contributed by atoms with van der Waals surface area (Å²) in [5, 5.41) is 4.16. The van der Waals surface area contributed by atoms with Crippen LogP contribution in [0.5, 0.6) is 10.9 Å². The van der Waals surface area contributed by atoms with Gasteiger partial charge in [-0.05, 0) is 36.4 Å². The highest BCUT2D eigenvalue weighted by Gasteiger charge is 2.09. The highest BCUT2D eigenvalue weighted by atomic mass is 32.1. The van der Waals surface area contributed by atoms with Gasteiger partial charge in [-0.2, -0.15) is 0 Å². The molecule has 0 saturated heterocycles. The van der Waals surface area contributed by atoms with Crippen molar-refractivity contribution in [3.05, 3.63) is 83.2 Å². The first kappa shape index (κ1) is 17.1. The Morgan fingerprint density at radius 3 is 2.93 bits per heavy atom. The Morgan fingerprint density at radius 2 is 2.04 bits per heavy atom. The Hall–Kier alpha value is -3.32. The van der Waals surface area contributed by atoms with Crippen molar-refractivity contribution < 1.29 is 13.9 Å². The van der Waals surface area contributed by atoms with E-state index in [0.717, 1.165) is 15.8 Å². The van der Waals surface area contributed by atoms with E-state index in [1.165, 1.54) is 23.5 Å². The molecule has 2 aromatic heterocycles. The highest BCUT2D eigenvalue weighted by molar-refractivity contribution is 7.13. The summed E-state index contributed by atoms with van der Waals surface area (Å²) < 4.78 is 18.7. The number of rotatable bonds is 5. The number of nitrogens with one attached hydrogen (secondary N) is 1. The maximum atomic E-state index is 13.2. The topological polar surface area (TPSA) is 64.1 Å². The van der Waals surface area contributed by atoms with E-state index in [4.69, 9.17) is 4.74 Å². The Balaban J connectivity index is 1.39. The summed E-state index contributed by atoms with van der Waals surface area (Å²) in [4.78, 5) is 21.6. The van der Waals surface area contributed by atoms with Crippen LogP contribution in [0.25, 0.3) is 10.9 Å². The van der Waals surface area contributed by atoms with E-state index < -0.39 is 0 Å². The number of amides is 1. The fraction of sp³-hybridized carbons (Fsp3) is 0.0500. The van der Waals surface area contributed by atoms with Crippen LogP contribution in [0.3, 0.4) is 0 Å². The molecule has 5 nitrogen and oxygen atoms in total. The van der Waals surface area contributed by atoms with Crippen molar-refractivity contribution in [3.63, 3.8) is 0 Å². The first-order valence-corrected chi connectivity index (χ1v) is 9.00. The van der Waals surface area contributed by atoms with E-state index in [0.29, 0.717) is 23.1 Å². The highest BCUT2D eigenvalue weighted by Crippen LogP contribution is 2.26. The molecule has 4 rings (SSSR count). The van der Waals surface area contributed by atoms with E-state index >= 15 is 0 Å². The number of hydrogen-bond acceptors (Lipinski definition) is 5. The second kappa shape index (κ2) is 7.51. The van der Waals surface area contributed by atoms with E-state index in [1.807, 2.05) is 24.3 Å². The lowest BCUT2D eigenvalue weighted by atomic mass is 10.1. The Labute approximate surface area is 158 Å². The second-order valence-corrected chi connectivity index (χ2v) is 6.82. The van der Waals surface area contributed by atoms with Gasteiger partial charge in [0.05, 0.1) is 12.1 Å². The molecule has 4 aromatic rings. The third-order valence-electron chi connectivity index (χ3n) is 3.82. The Kier molecular flexibility index (Phi) is 4.76. The molecule has 0 unspecified atom stereocenters. The molecule has 2 aromatic carbocycles. The van der Waals surface area contributed by atoms with Crippen LogP contribution in [0.1, 0.15) is 15.2 Å². The van der Waals surface area contributed by atoms with Crippen molar-refractivity contribution in [3.8, 4) is 10.9 Å². The van der Waals surface area contributed by atoms with Gasteiger partial charge < -0.3 is 10.1 Å². The van der Waals surface area contributed by atoms with Gasteiger partial charge >= 0.3 is 0 Å². The van der Waals surface area contributed by atoms with Crippen LogP contribution in [-0.4, -0.2) is 15.9 Å². The maximum absolute atomic E-state index is 13.2. The molecule has 0 aliphatic rings. The van der Waals surface area contributed by atoms with Gasteiger partial charge in [-0.25, -0.2) is 9.37 Å². The fourth-order valence-electron chi connectivity index (χ4n) is 2.54. The first-order valence-electron chi connectivity index (χ1n) is 8.18. The van der Waals surface area contributed by atoms with Crippen LogP contribution in [-0.2, 0) is 6.54 Å². The molecule has 0 radical (unpaired) electrons. The average Bonchev–Trinajstić information content (AvgIpc) is 3.13. The molecule has 0 aliphatic heterocycles. The Bertz CT molecular complexity index is 1110. The second-order valence-electron chi connectivity index (χ2n) is 5.75. The molecule has 0 fully saturated rings. The molecule has 0 aliphatic carbocycles. The SMILES string of the molecule is O=C(NCc1cnc(Oc2cccc(F)c2)s1)c1ccc2ncccc2c1. The van der Waals surface area contributed by atoms with Crippen LogP contribution in [0.2, 0.25) is 0 Å². The summed E-state index contributed by atoms with van der Waals surface area (Å²) in [6.07, 6.45) is 3.35. The molecule has 0 saturated carbocycles. The minimum absolute atomic E-state index is 0.179. The quantitative estimate of drug-likeness (QED) is 0.552. The molecule has 134 valence electrons. The monoisotopic (exact) mass is 379 g/mol. The van der Waals surface area contributed by atoms with Crippen molar-refractivity contribution in [1.29, 1.82) is 0 Å². The lowest BCUT2D eigenvalue weighted by molar-refractivity contribution is 0.0951. The summed E-state index contributed by atoms with van der Waals surface area (Å²) in [5.74, 6) is -0.173. The van der Waals surface area contributed by atoms with Crippen molar-refractivity contribution in [2.45, 2.75) is 6.54 Å². The lowest BCUT2D eigenvalue weighted by Gasteiger charge is -2.05. The number of carbonyl (C=O) groups excluding carboxylic acids is 1. The summed E-state index contributed by atoms with van der Waals surface area (Å²) in [6.45, 7) is 0.327. The van der Waals surface area contributed by atoms with Gasteiger partial charge in [0.2, 0.25) is 0 Å². The number of halogens is 1. The standard InChI is InChI=1S/C20H14FN3O2S/c21-15-4-1-5-16(10-15)26-20-24-12-17(27-20)11-23-19(25)14-6-7-18-13(9-14)3-2-8-22-18/h1-10,12H,11H2,(H,23,25). The number of aromatic nitrogens is 2. The molecule has 27 heavy (non-hydrogen) atoms. The summed E-state index contributed by atoms with van der Waals surface area (Å²) >= 11 is 1.29. The first-order chi connectivity index (χ1) is 13.2. The minimum atomic E-state index is -0.373. The minimum Gasteiger partial charge on any atom is -0.431 e. The van der Waals surface area contributed by atoms with Gasteiger partial charge in [-0.15, -0.1) is 0 Å². The van der Waals surface area contributed by atoms with Gasteiger partial charge in [0, 0.05) is 34.3 Å². The Morgan fingerprint density at radius 1 is 1.11 bits per heavy atom. The maximum Gasteiger partial charge on any atom is 0.278 e. The smallest absolute Gasteiger partial charge is 0.278 e. The zero-order chi connectivity index (χ0) is 18.6. The van der Waals surface area contributed by atoms with Gasteiger partial charge in [-0.3, -0.25) is 9.78 Å². The molecule has 1 amide bonds. The average molecular weight is 379 g/mol. The van der Waals surface area contributed by atoms with Crippen molar-refractivity contribution in [1.82, 2.24) is 15.3 Å². The fourth-order valence-corrected chi connectivity index (χ4v) is 3.25. The van der Waals surface area contributed by atoms with Crippen LogP contribution >= 0.6 is 11.3 Å². The van der Waals surface area contributed by atoms with Crippen molar-refractivity contribution in [2.24, 2.45) is 0 Å². The van der Waals surface area contributed by atoms with Crippen LogP contribution < -0.4 is 10.1 Å². The largest absolute Gasteiger partial charge is 0.431 e. The van der Waals surface area contributed by atoms with Gasteiger partial charge in [0.25, 0.3) is 11.1 Å². The van der Waals surface area contributed by atoms with Crippen LogP contribution in [0.4, 0.5) is 4.39 Å². The van der Waals surface area contributed by atoms with Gasteiger partial charge in [0.15, 0.2) is 0 Å². The molecule has 0 spiro atoms. The predicted molar refractivity (Wildman–Crippen MR) is 102 cm³/mol. The number of carbonyl (C=O) groups is 1. The van der Waals surface area contributed by atoms with Crippen molar-refractivity contribution in [2.75, 3.05) is 0 Å². The lowest BCUT2D eigenvalue weighted by Crippen LogP contribution is -2.22. The van der Waals surface area contributed by atoms with E-state index in [9.17, 15) is 9.18 Å². The number of fused-ring (bicyclic) bond motifs is 1. The normalized spacial score (nSPS) is 10.7.